The summed E-state index contributed by atoms with van der Waals surface area (Å²) in [6.45, 7) is 4.95. The Morgan fingerprint density at radius 1 is 1.10 bits per heavy atom. The van der Waals surface area contributed by atoms with Crippen molar-refractivity contribution in [2.24, 2.45) is 0 Å². The third-order valence-electron chi connectivity index (χ3n) is 3.27. The molecule has 5 nitrogen and oxygen atoms in total. The Morgan fingerprint density at radius 3 is 2.24 bits per heavy atom. The van der Waals surface area contributed by atoms with E-state index in [0.717, 1.165) is 0 Å². The highest BCUT2D eigenvalue weighted by Crippen LogP contribution is 2.27. The van der Waals surface area contributed by atoms with Crippen LogP contribution in [0.2, 0.25) is 0 Å². The zero-order valence-electron chi connectivity index (χ0n) is 12.4. The van der Waals surface area contributed by atoms with Crippen molar-refractivity contribution in [2.45, 2.75) is 20.8 Å². The van der Waals surface area contributed by atoms with Gasteiger partial charge in [0.15, 0.2) is 17.3 Å². The molecule has 0 radical (unpaired) electrons. The number of para-hydroxylation sites is 2. The van der Waals surface area contributed by atoms with E-state index >= 15 is 0 Å². The van der Waals surface area contributed by atoms with E-state index in [1.165, 1.54) is 14.0 Å². The minimum absolute atomic E-state index is 0.0856. The third kappa shape index (κ3) is 2.81. The van der Waals surface area contributed by atoms with E-state index in [4.69, 9.17) is 9.47 Å². The summed E-state index contributed by atoms with van der Waals surface area (Å²) in [7, 11) is 1.50. The van der Waals surface area contributed by atoms with Crippen LogP contribution in [0.5, 0.6) is 11.5 Å². The highest BCUT2D eigenvalue weighted by atomic mass is 16.6. The zero-order chi connectivity index (χ0) is 15.6. The summed E-state index contributed by atoms with van der Waals surface area (Å²) in [4.78, 5) is 26.8. The van der Waals surface area contributed by atoms with Gasteiger partial charge in [-0.15, -0.1) is 0 Å². The summed E-state index contributed by atoms with van der Waals surface area (Å²) in [5, 5.41) is 0. The van der Waals surface area contributed by atoms with Crippen LogP contribution in [0.4, 0.5) is 0 Å². The second-order valence-electron chi connectivity index (χ2n) is 4.72. The molecule has 5 heteroatoms. The number of ether oxygens (including phenoxy) is 2. The molecule has 0 bridgehead atoms. The molecule has 0 amide bonds. The van der Waals surface area contributed by atoms with Gasteiger partial charge < -0.3 is 14.5 Å². The molecule has 2 rings (SSSR count). The molecule has 1 heterocycles. The van der Waals surface area contributed by atoms with Crippen molar-refractivity contribution in [1.29, 1.82) is 0 Å². The first-order valence-corrected chi connectivity index (χ1v) is 6.51. The smallest absolute Gasteiger partial charge is 0.360 e. The lowest BCUT2D eigenvalue weighted by Crippen LogP contribution is -2.11. The molecule has 21 heavy (non-hydrogen) atoms. The van der Waals surface area contributed by atoms with Crippen LogP contribution in [0.25, 0.3) is 0 Å². The molecule has 0 aliphatic carbocycles. The molecule has 0 saturated heterocycles. The summed E-state index contributed by atoms with van der Waals surface area (Å²) in [5.74, 6) is 0.171. The largest absolute Gasteiger partial charge is 0.493 e. The predicted octanol–water partition coefficient (Wildman–Crippen LogP) is 3.06. The Morgan fingerprint density at radius 2 is 1.71 bits per heavy atom. The van der Waals surface area contributed by atoms with Crippen LogP contribution in [-0.4, -0.2) is 23.8 Å². The number of esters is 1. The van der Waals surface area contributed by atoms with Gasteiger partial charge in [0.2, 0.25) is 0 Å². The SMILES string of the molecule is COc1ccccc1OC(=O)c1[nH]c(C)c(C(C)=O)c1C. The fraction of sp³-hybridized carbons (Fsp3) is 0.250. The number of Topliss-reactive ketones (excluding diaryl/α,β-unsaturated/α-hetero) is 1. The Hall–Kier alpha value is -2.56. The van der Waals surface area contributed by atoms with Gasteiger partial charge >= 0.3 is 5.97 Å². The van der Waals surface area contributed by atoms with Crippen LogP contribution in [0.1, 0.15) is 39.0 Å². The van der Waals surface area contributed by atoms with Gasteiger partial charge in [0.1, 0.15) is 5.69 Å². The van der Waals surface area contributed by atoms with Crippen molar-refractivity contribution in [3.63, 3.8) is 0 Å². The van der Waals surface area contributed by atoms with E-state index in [1.807, 2.05) is 0 Å². The number of benzene rings is 1. The van der Waals surface area contributed by atoms with Gasteiger partial charge in [-0.25, -0.2) is 4.79 Å². The summed E-state index contributed by atoms with van der Waals surface area (Å²) >= 11 is 0. The van der Waals surface area contributed by atoms with E-state index in [-0.39, 0.29) is 11.5 Å². The number of carbonyl (C=O) groups excluding carboxylic acids is 2. The van der Waals surface area contributed by atoms with Gasteiger partial charge in [0.25, 0.3) is 0 Å². The van der Waals surface area contributed by atoms with Crippen molar-refractivity contribution in [2.75, 3.05) is 7.11 Å². The van der Waals surface area contributed by atoms with Crippen LogP contribution in [0, 0.1) is 13.8 Å². The lowest BCUT2D eigenvalue weighted by molar-refractivity contribution is 0.0723. The number of rotatable bonds is 4. The number of aryl methyl sites for hydroxylation is 1. The molecular weight excluding hydrogens is 270 g/mol. The van der Waals surface area contributed by atoms with Gasteiger partial charge in [-0.05, 0) is 38.5 Å². The second-order valence-corrected chi connectivity index (χ2v) is 4.72. The first-order chi connectivity index (χ1) is 9.95. The molecule has 0 aliphatic heterocycles. The first-order valence-electron chi connectivity index (χ1n) is 6.51. The van der Waals surface area contributed by atoms with Crippen LogP contribution >= 0.6 is 0 Å². The standard InChI is InChI=1S/C16H17NO4/c1-9-14(11(3)18)10(2)17-15(9)16(19)21-13-8-6-5-7-12(13)20-4/h5-8,17H,1-4H3. The first kappa shape index (κ1) is 14.8. The van der Waals surface area contributed by atoms with Crippen molar-refractivity contribution in [3.05, 3.63) is 46.8 Å². The van der Waals surface area contributed by atoms with E-state index in [1.54, 1.807) is 38.1 Å². The maximum absolute atomic E-state index is 12.3. The Kier molecular flexibility index (Phi) is 4.12. The van der Waals surface area contributed by atoms with Gasteiger partial charge in [-0.3, -0.25) is 4.79 Å². The summed E-state index contributed by atoms with van der Waals surface area (Å²) in [5.41, 5.74) is 2.07. The normalized spacial score (nSPS) is 10.3. The number of ketones is 1. The Labute approximate surface area is 122 Å². The number of hydrogen-bond donors (Lipinski definition) is 1. The Bertz CT molecular complexity index is 700. The molecule has 2 aromatic rings. The van der Waals surface area contributed by atoms with Crippen molar-refractivity contribution >= 4 is 11.8 Å². The van der Waals surface area contributed by atoms with E-state index in [9.17, 15) is 9.59 Å². The molecule has 1 N–H and O–H groups in total. The summed E-state index contributed by atoms with van der Waals surface area (Å²) < 4.78 is 10.5. The zero-order valence-corrected chi connectivity index (χ0v) is 12.4. The van der Waals surface area contributed by atoms with E-state index < -0.39 is 5.97 Å². The summed E-state index contributed by atoms with van der Waals surface area (Å²) in [6, 6.07) is 6.89. The van der Waals surface area contributed by atoms with E-state index in [0.29, 0.717) is 28.3 Å². The minimum Gasteiger partial charge on any atom is -0.493 e. The van der Waals surface area contributed by atoms with Gasteiger partial charge in [-0.1, -0.05) is 12.1 Å². The molecule has 0 spiro atoms. The van der Waals surface area contributed by atoms with Gasteiger partial charge in [-0.2, -0.15) is 0 Å². The molecule has 0 atom stereocenters. The van der Waals surface area contributed by atoms with Gasteiger partial charge in [0.05, 0.1) is 7.11 Å². The monoisotopic (exact) mass is 287 g/mol. The third-order valence-corrected chi connectivity index (χ3v) is 3.27. The topological polar surface area (TPSA) is 68.4 Å². The number of methoxy groups -OCH3 is 1. The average Bonchev–Trinajstić information content (AvgIpc) is 2.74. The number of H-pyrrole nitrogens is 1. The number of hydrogen-bond acceptors (Lipinski definition) is 4. The van der Waals surface area contributed by atoms with Crippen LogP contribution in [0.3, 0.4) is 0 Å². The highest BCUT2D eigenvalue weighted by Gasteiger charge is 2.22. The molecule has 110 valence electrons. The molecule has 0 saturated carbocycles. The maximum Gasteiger partial charge on any atom is 0.360 e. The molecule has 0 unspecified atom stereocenters. The predicted molar refractivity (Wildman–Crippen MR) is 78.2 cm³/mol. The lowest BCUT2D eigenvalue weighted by atomic mass is 10.1. The van der Waals surface area contributed by atoms with Crippen molar-refractivity contribution in [3.8, 4) is 11.5 Å². The van der Waals surface area contributed by atoms with Crippen LogP contribution in [-0.2, 0) is 0 Å². The van der Waals surface area contributed by atoms with Crippen LogP contribution in [0.15, 0.2) is 24.3 Å². The second kappa shape index (κ2) is 5.83. The quantitative estimate of drug-likeness (QED) is 0.533. The van der Waals surface area contributed by atoms with Gasteiger partial charge in [0, 0.05) is 11.3 Å². The lowest BCUT2D eigenvalue weighted by Gasteiger charge is -2.08. The van der Waals surface area contributed by atoms with Crippen molar-refractivity contribution < 1.29 is 19.1 Å². The Balaban J connectivity index is 2.33. The average molecular weight is 287 g/mol. The number of aromatic amines is 1. The molecule has 0 aliphatic rings. The highest BCUT2D eigenvalue weighted by molar-refractivity contribution is 6.01. The molecule has 1 aromatic carbocycles. The number of aromatic nitrogens is 1. The number of nitrogens with one attached hydrogen (secondary N) is 1. The number of carbonyl (C=O) groups is 2. The summed E-state index contributed by atoms with van der Waals surface area (Å²) in [6.07, 6.45) is 0. The fourth-order valence-electron chi connectivity index (χ4n) is 2.34. The maximum atomic E-state index is 12.3. The van der Waals surface area contributed by atoms with E-state index in [2.05, 4.69) is 4.98 Å². The van der Waals surface area contributed by atoms with Crippen LogP contribution < -0.4 is 9.47 Å². The molecule has 1 aromatic heterocycles. The fourth-order valence-corrected chi connectivity index (χ4v) is 2.34. The molecular formula is C16H17NO4. The molecule has 0 fully saturated rings. The van der Waals surface area contributed by atoms with Crippen molar-refractivity contribution in [1.82, 2.24) is 4.98 Å². The minimum atomic E-state index is -0.549.